The van der Waals surface area contributed by atoms with E-state index in [0.29, 0.717) is 5.69 Å². The van der Waals surface area contributed by atoms with Gasteiger partial charge in [0.25, 0.3) is 0 Å². The highest BCUT2D eigenvalue weighted by atomic mass is 32.1. The number of nitrogen functional groups attached to an aromatic ring is 1. The van der Waals surface area contributed by atoms with Crippen molar-refractivity contribution in [2.24, 2.45) is 7.05 Å². The molecule has 0 bridgehead atoms. The summed E-state index contributed by atoms with van der Waals surface area (Å²) in [7, 11) is 1.97. The molecule has 7 nitrogen and oxygen atoms in total. The first-order valence-electron chi connectivity index (χ1n) is 9.52. The Bertz CT molecular complexity index is 1300. The molecule has 5 rings (SSSR count). The van der Waals surface area contributed by atoms with E-state index in [1.54, 1.807) is 11.3 Å². The van der Waals surface area contributed by atoms with Gasteiger partial charge >= 0.3 is 6.03 Å². The smallest absolute Gasteiger partial charge is 0.319 e. The molecule has 3 heterocycles. The van der Waals surface area contributed by atoms with Crippen LogP contribution in [0.25, 0.3) is 27.9 Å². The number of nitrogens with zero attached hydrogens (tertiary/aromatic N) is 3. The highest BCUT2D eigenvalue weighted by Gasteiger charge is 2.32. The Kier molecular flexibility index (Phi) is 4.29. The summed E-state index contributed by atoms with van der Waals surface area (Å²) >= 11 is 1.54. The molecule has 150 valence electrons. The fourth-order valence-corrected chi connectivity index (χ4v) is 4.74. The van der Waals surface area contributed by atoms with Crippen molar-refractivity contribution in [1.82, 2.24) is 25.2 Å². The molecule has 1 aliphatic rings. The highest BCUT2D eigenvalue weighted by molar-refractivity contribution is 7.11. The number of hydrogen-bond donors (Lipinski definition) is 3. The Labute approximate surface area is 177 Å². The molecule has 0 radical (unpaired) electrons. The fraction of sp³-hybridized carbons (Fsp3) is 0.136. The third-order valence-corrected chi connectivity index (χ3v) is 6.17. The van der Waals surface area contributed by atoms with Crippen LogP contribution in [0.5, 0.6) is 0 Å². The predicted octanol–water partition coefficient (Wildman–Crippen LogP) is 4.06. The average molecular weight is 417 g/mol. The van der Waals surface area contributed by atoms with Gasteiger partial charge in [-0.05, 0) is 31.2 Å². The predicted molar refractivity (Wildman–Crippen MR) is 120 cm³/mol. The average Bonchev–Trinajstić information content (AvgIpc) is 3.33. The molecule has 2 aromatic heterocycles. The lowest BCUT2D eigenvalue weighted by molar-refractivity contribution is 0.239. The van der Waals surface area contributed by atoms with Crippen molar-refractivity contribution >= 4 is 39.7 Å². The number of carbonyl (C=O) groups excluding carboxylic acids is 1. The van der Waals surface area contributed by atoms with Crippen LogP contribution in [0.4, 0.5) is 10.5 Å². The van der Waals surface area contributed by atoms with Gasteiger partial charge in [-0.3, -0.25) is 0 Å². The fourth-order valence-electron chi connectivity index (χ4n) is 3.78. The minimum atomic E-state index is -0.401. The van der Waals surface area contributed by atoms with Crippen molar-refractivity contribution in [2.45, 2.75) is 13.0 Å². The number of imidazole rings is 1. The number of thiazole rings is 1. The number of nitrogens with one attached hydrogen (secondary N) is 2. The summed E-state index contributed by atoms with van der Waals surface area (Å²) in [4.78, 5) is 22.0. The lowest BCUT2D eigenvalue weighted by Gasteiger charge is -2.27. The van der Waals surface area contributed by atoms with Crippen molar-refractivity contribution in [3.63, 3.8) is 0 Å². The van der Waals surface area contributed by atoms with Crippen molar-refractivity contribution in [3.8, 4) is 11.3 Å². The Morgan fingerprint density at radius 1 is 1.10 bits per heavy atom. The lowest BCUT2D eigenvalue weighted by Crippen LogP contribution is -2.43. The first-order valence-corrected chi connectivity index (χ1v) is 10.4. The molecule has 0 saturated heterocycles. The van der Waals surface area contributed by atoms with Gasteiger partial charge in [0.15, 0.2) is 0 Å². The lowest BCUT2D eigenvalue weighted by atomic mass is 10.0. The van der Waals surface area contributed by atoms with E-state index in [2.05, 4.69) is 10.6 Å². The standard InChI is InChI=1S/C22H20N6OS/c1-12-18(21-26-16(11-30-21)13-7-9-14(23)10-8-13)19(27-22(29)24-12)20-25-15-5-3-4-6-17(15)28(20)2/h3-11,19H,23H2,1-2H3,(H2,24,27,29). The molecule has 1 unspecified atom stereocenters. The number of nitrogens with two attached hydrogens (primary N) is 1. The molecule has 0 fully saturated rings. The van der Waals surface area contributed by atoms with Gasteiger partial charge in [0.05, 0.1) is 16.7 Å². The summed E-state index contributed by atoms with van der Waals surface area (Å²) in [5, 5.41) is 8.76. The number of benzene rings is 2. The van der Waals surface area contributed by atoms with Crippen LogP contribution >= 0.6 is 11.3 Å². The van der Waals surface area contributed by atoms with Gasteiger partial charge in [0.2, 0.25) is 0 Å². The summed E-state index contributed by atoms with van der Waals surface area (Å²) < 4.78 is 2.02. The van der Waals surface area contributed by atoms with Gasteiger partial charge in [-0.25, -0.2) is 14.8 Å². The number of carbonyl (C=O) groups is 1. The summed E-state index contributed by atoms with van der Waals surface area (Å²) in [6.45, 7) is 1.90. The second kappa shape index (κ2) is 7.00. The molecule has 2 aromatic carbocycles. The number of urea groups is 1. The van der Waals surface area contributed by atoms with Crippen LogP contribution in [0.1, 0.15) is 23.8 Å². The van der Waals surface area contributed by atoms with Crippen LogP contribution in [0.15, 0.2) is 59.6 Å². The Hall–Kier alpha value is -3.65. The van der Waals surface area contributed by atoms with Gasteiger partial charge in [-0.15, -0.1) is 11.3 Å². The first-order chi connectivity index (χ1) is 14.5. The van der Waals surface area contributed by atoms with E-state index in [9.17, 15) is 4.79 Å². The molecular formula is C22H20N6OS. The van der Waals surface area contributed by atoms with Crippen LogP contribution in [-0.4, -0.2) is 20.6 Å². The Balaban J connectivity index is 1.61. The third kappa shape index (κ3) is 3.02. The van der Waals surface area contributed by atoms with Gasteiger partial charge in [-0.2, -0.15) is 0 Å². The number of para-hydroxylation sites is 2. The zero-order valence-corrected chi connectivity index (χ0v) is 17.3. The molecule has 0 spiro atoms. The van der Waals surface area contributed by atoms with Crippen LogP contribution in [0.2, 0.25) is 0 Å². The van der Waals surface area contributed by atoms with Gasteiger partial charge in [-0.1, -0.05) is 24.3 Å². The maximum Gasteiger partial charge on any atom is 0.319 e. The zero-order chi connectivity index (χ0) is 20.8. The maximum absolute atomic E-state index is 12.3. The molecule has 0 aliphatic carbocycles. The van der Waals surface area contributed by atoms with E-state index in [-0.39, 0.29) is 6.03 Å². The summed E-state index contributed by atoms with van der Waals surface area (Å²) in [6.07, 6.45) is 0. The summed E-state index contributed by atoms with van der Waals surface area (Å²) in [5.41, 5.74) is 12.0. The summed E-state index contributed by atoms with van der Waals surface area (Å²) in [5.74, 6) is 0.768. The minimum absolute atomic E-state index is 0.247. The second-order valence-electron chi connectivity index (χ2n) is 7.25. The number of fused-ring (bicyclic) bond motifs is 1. The van der Waals surface area contributed by atoms with Gasteiger partial charge in [0.1, 0.15) is 16.9 Å². The monoisotopic (exact) mass is 416 g/mol. The molecule has 4 N–H and O–H groups in total. The van der Waals surface area contributed by atoms with Crippen molar-refractivity contribution in [1.29, 1.82) is 0 Å². The van der Waals surface area contributed by atoms with Crippen LogP contribution in [0.3, 0.4) is 0 Å². The third-order valence-electron chi connectivity index (χ3n) is 5.29. The number of rotatable bonds is 3. The molecular weight excluding hydrogens is 396 g/mol. The molecule has 1 aliphatic heterocycles. The zero-order valence-electron chi connectivity index (χ0n) is 16.5. The number of hydrogen-bond acceptors (Lipinski definition) is 5. The van der Waals surface area contributed by atoms with Crippen molar-refractivity contribution in [3.05, 3.63) is 70.4 Å². The summed E-state index contributed by atoms with van der Waals surface area (Å²) in [6, 6.07) is 14.9. The molecule has 8 heteroatoms. The normalized spacial score (nSPS) is 16.6. The molecule has 2 amide bonds. The SMILES string of the molecule is CC1=C(c2nc(-c3ccc(N)cc3)cs2)C(c2nc3ccccc3n2C)NC(=O)N1. The quantitative estimate of drug-likeness (QED) is 0.439. The molecule has 30 heavy (non-hydrogen) atoms. The van der Waals surface area contributed by atoms with E-state index in [4.69, 9.17) is 15.7 Å². The van der Waals surface area contributed by atoms with Crippen molar-refractivity contribution < 1.29 is 4.79 Å². The van der Waals surface area contributed by atoms with E-state index < -0.39 is 6.04 Å². The topological polar surface area (TPSA) is 97.9 Å². The van der Waals surface area contributed by atoms with Gasteiger partial charge in [0, 0.05) is 34.9 Å². The van der Waals surface area contributed by atoms with Crippen LogP contribution < -0.4 is 16.4 Å². The van der Waals surface area contributed by atoms with Gasteiger partial charge < -0.3 is 20.9 Å². The van der Waals surface area contributed by atoms with E-state index in [1.165, 1.54) is 0 Å². The highest BCUT2D eigenvalue weighted by Crippen LogP contribution is 2.37. The largest absolute Gasteiger partial charge is 0.399 e. The molecule has 0 saturated carbocycles. The number of allylic oxidation sites excluding steroid dienone is 1. The number of amides is 2. The van der Waals surface area contributed by atoms with Crippen molar-refractivity contribution in [2.75, 3.05) is 5.73 Å². The number of aromatic nitrogens is 3. The van der Waals surface area contributed by atoms with Crippen LogP contribution in [0, 0.1) is 0 Å². The Morgan fingerprint density at radius 3 is 2.63 bits per heavy atom. The molecule has 4 aromatic rings. The number of anilines is 1. The van der Waals surface area contributed by atoms with Crippen LogP contribution in [-0.2, 0) is 7.05 Å². The van der Waals surface area contributed by atoms with E-state index in [0.717, 1.165) is 44.4 Å². The van der Waals surface area contributed by atoms with E-state index >= 15 is 0 Å². The Morgan fingerprint density at radius 2 is 1.87 bits per heavy atom. The second-order valence-corrected chi connectivity index (χ2v) is 8.11. The maximum atomic E-state index is 12.3. The number of aryl methyl sites for hydroxylation is 1. The first kappa shape index (κ1) is 18.4. The van der Waals surface area contributed by atoms with E-state index in [1.807, 2.05) is 72.4 Å². The molecule has 1 atom stereocenters. The minimum Gasteiger partial charge on any atom is -0.399 e.